The van der Waals surface area contributed by atoms with Crippen molar-refractivity contribution < 1.29 is 19.8 Å². The second-order valence-corrected chi connectivity index (χ2v) is 5.66. The van der Waals surface area contributed by atoms with Crippen LogP contribution in [0.15, 0.2) is 0 Å². The van der Waals surface area contributed by atoms with E-state index in [1.165, 1.54) is 0 Å². The Morgan fingerprint density at radius 1 is 0.826 bits per heavy atom. The van der Waals surface area contributed by atoms with Gasteiger partial charge in [-0.05, 0) is 48.9 Å². The molecular formula is C17H22N2O4. The zero-order valence-electron chi connectivity index (χ0n) is 13.8. The third kappa shape index (κ3) is 2.88. The summed E-state index contributed by atoms with van der Waals surface area (Å²) in [7, 11) is 0. The average Bonchev–Trinajstić information content (AvgIpc) is 2.97. The van der Waals surface area contributed by atoms with E-state index < -0.39 is 11.9 Å². The summed E-state index contributed by atoms with van der Waals surface area (Å²) in [5.41, 5.74) is 5.51. The van der Waals surface area contributed by atoms with Crippen LogP contribution in [0.1, 0.15) is 68.5 Å². The van der Waals surface area contributed by atoms with Crippen LogP contribution in [0.25, 0.3) is 0 Å². The van der Waals surface area contributed by atoms with E-state index in [-0.39, 0.29) is 11.4 Å². The minimum Gasteiger partial charge on any atom is -0.477 e. The van der Waals surface area contributed by atoms with Crippen LogP contribution in [0.3, 0.4) is 0 Å². The number of hydrogen-bond donors (Lipinski definition) is 4. The third-order valence-corrected chi connectivity index (χ3v) is 4.44. The second-order valence-electron chi connectivity index (χ2n) is 5.66. The number of rotatable bonds is 6. The molecule has 0 saturated heterocycles. The number of hydrogen-bond acceptors (Lipinski definition) is 2. The van der Waals surface area contributed by atoms with Gasteiger partial charge in [0, 0.05) is 17.8 Å². The van der Waals surface area contributed by atoms with Crippen molar-refractivity contribution in [2.45, 2.75) is 47.0 Å². The highest BCUT2D eigenvalue weighted by molar-refractivity contribution is 5.89. The first-order valence-corrected chi connectivity index (χ1v) is 7.68. The Labute approximate surface area is 134 Å². The monoisotopic (exact) mass is 318 g/mol. The summed E-state index contributed by atoms with van der Waals surface area (Å²) in [5, 5.41) is 18.6. The van der Waals surface area contributed by atoms with Gasteiger partial charge in [-0.1, -0.05) is 13.8 Å². The van der Waals surface area contributed by atoms with E-state index in [0.717, 1.165) is 40.1 Å². The van der Waals surface area contributed by atoms with Gasteiger partial charge in [-0.25, -0.2) is 9.59 Å². The number of aromatic nitrogens is 2. The van der Waals surface area contributed by atoms with Gasteiger partial charge in [-0.15, -0.1) is 0 Å². The van der Waals surface area contributed by atoms with Gasteiger partial charge < -0.3 is 20.2 Å². The van der Waals surface area contributed by atoms with Gasteiger partial charge in [-0.3, -0.25) is 0 Å². The van der Waals surface area contributed by atoms with Crippen molar-refractivity contribution >= 4 is 11.9 Å². The van der Waals surface area contributed by atoms with Gasteiger partial charge in [-0.2, -0.15) is 0 Å². The zero-order chi connectivity index (χ0) is 17.3. The predicted octanol–water partition coefficient (Wildman–Crippen LogP) is 3.07. The molecule has 6 nitrogen and oxygen atoms in total. The van der Waals surface area contributed by atoms with Gasteiger partial charge in [0.2, 0.25) is 0 Å². The Morgan fingerprint density at radius 3 is 1.78 bits per heavy atom. The number of carboxylic acid groups (broad SMARTS) is 2. The van der Waals surface area contributed by atoms with E-state index in [9.17, 15) is 19.8 Å². The molecular weight excluding hydrogens is 296 g/mol. The Hall–Kier alpha value is -2.50. The van der Waals surface area contributed by atoms with Crippen LogP contribution < -0.4 is 0 Å². The first kappa shape index (κ1) is 16.9. The van der Waals surface area contributed by atoms with E-state index in [1.54, 1.807) is 6.92 Å². The number of carbonyl (C=O) groups is 2. The van der Waals surface area contributed by atoms with Crippen LogP contribution in [0, 0.1) is 13.8 Å². The highest BCUT2D eigenvalue weighted by Crippen LogP contribution is 2.25. The molecule has 2 rings (SSSR count). The molecule has 0 fully saturated rings. The van der Waals surface area contributed by atoms with E-state index in [0.29, 0.717) is 12.8 Å². The number of H-pyrrole nitrogens is 2. The fourth-order valence-electron chi connectivity index (χ4n) is 3.21. The summed E-state index contributed by atoms with van der Waals surface area (Å²) in [6.07, 6.45) is 1.81. The van der Waals surface area contributed by atoms with Crippen molar-refractivity contribution in [3.8, 4) is 0 Å². The number of carboxylic acids is 2. The van der Waals surface area contributed by atoms with Crippen LogP contribution in [0.2, 0.25) is 0 Å². The first-order chi connectivity index (χ1) is 10.8. The lowest BCUT2D eigenvalue weighted by Gasteiger charge is -2.03. The maximum absolute atomic E-state index is 11.4. The molecule has 0 amide bonds. The highest BCUT2D eigenvalue weighted by atomic mass is 16.4. The summed E-state index contributed by atoms with van der Waals surface area (Å²) in [5.74, 6) is -1.95. The molecule has 0 bridgehead atoms. The summed E-state index contributed by atoms with van der Waals surface area (Å²) in [4.78, 5) is 28.6. The van der Waals surface area contributed by atoms with E-state index in [1.807, 2.05) is 20.8 Å². The fourth-order valence-corrected chi connectivity index (χ4v) is 3.21. The normalized spacial score (nSPS) is 11.0. The maximum atomic E-state index is 11.4. The van der Waals surface area contributed by atoms with Gasteiger partial charge in [0.25, 0.3) is 0 Å². The highest BCUT2D eigenvalue weighted by Gasteiger charge is 2.21. The van der Waals surface area contributed by atoms with Crippen molar-refractivity contribution in [2.75, 3.05) is 0 Å². The van der Waals surface area contributed by atoms with Crippen LogP contribution in [-0.2, 0) is 19.3 Å². The van der Waals surface area contributed by atoms with Crippen LogP contribution in [0.4, 0.5) is 0 Å². The molecule has 124 valence electrons. The smallest absolute Gasteiger partial charge is 0.352 e. The molecule has 2 aromatic rings. The number of aromatic carboxylic acids is 2. The zero-order valence-corrected chi connectivity index (χ0v) is 13.8. The Kier molecular flexibility index (Phi) is 4.63. The second kappa shape index (κ2) is 6.32. The molecule has 23 heavy (non-hydrogen) atoms. The molecule has 0 aliphatic heterocycles. The molecule has 4 N–H and O–H groups in total. The SMILES string of the molecule is CCc1c(Cc2[nH]c(C(=O)O)c(CC)c2C)[nH]c(C(=O)O)c1C. The number of nitrogens with one attached hydrogen (secondary N) is 2. The van der Waals surface area contributed by atoms with E-state index in [2.05, 4.69) is 9.97 Å². The number of aromatic amines is 2. The Morgan fingerprint density at radius 2 is 1.35 bits per heavy atom. The predicted molar refractivity (Wildman–Crippen MR) is 86.5 cm³/mol. The molecule has 0 aliphatic carbocycles. The average molecular weight is 318 g/mol. The summed E-state index contributed by atoms with van der Waals surface area (Å²) in [6.45, 7) is 7.60. The molecule has 0 aromatic carbocycles. The molecule has 0 unspecified atom stereocenters. The van der Waals surface area contributed by atoms with Crippen molar-refractivity contribution in [1.82, 2.24) is 9.97 Å². The summed E-state index contributed by atoms with van der Waals surface area (Å²) in [6, 6.07) is 0. The fraction of sp³-hybridized carbons (Fsp3) is 0.412. The third-order valence-electron chi connectivity index (χ3n) is 4.44. The quantitative estimate of drug-likeness (QED) is 0.656. The van der Waals surface area contributed by atoms with Gasteiger partial charge in [0.1, 0.15) is 11.4 Å². The van der Waals surface area contributed by atoms with Crippen molar-refractivity contribution in [3.63, 3.8) is 0 Å². The topological polar surface area (TPSA) is 106 Å². The lowest BCUT2D eigenvalue weighted by atomic mass is 10.0. The van der Waals surface area contributed by atoms with Crippen LogP contribution >= 0.6 is 0 Å². The van der Waals surface area contributed by atoms with Gasteiger partial charge in [0.15, 0.2) is 0 Å². The minimum absolute atomic E-state index is 0.204. The molecule has 0 aliphatic rings. The maximum Gasteiger partial charge on any atom is 0.352 e. The van der Waals surface area contributed by atoms with Crippen molar-refractivity contribution in [3.05, 3.63) is 45.0 Å². The largest absolute Gasteiger partial charge is 0.477 e. The Bertz CT molecular complexity index is 768. The molecule has 2 aromatic heterocycles. The molecule has 0 spiro atoms. The van der Waals surface area contributed by atoms with Gasteiger partial charge >= 0.3 is 11.9 Å². The van der Waals surface area contributed by atoms with Crippen LogP contribution in [-0.4, -0.2) is 32.1 Å². The molecule has 6 heteroatoms. The molecule has 0 radical (unpaired) electrons. The minimum atomic E-state index is -0.980. The summed E-state index contributed by atoms with van der Waals surface area (Å²) >= 11 is 0. The van der Waals surface area contributed by atoms with Crippen molar-refractivity contribution in [2.24, 2.45) is 0 Å². The summed E-state index contributed by atoms with van der Waals surface area (Å²) < 4.78 is 0. The Balaban J connectivity index is 2.50. The molecule has 0 atom stereocenters. The lowest BCUT2D eigenvalue weighted by Crippen LogP contribution is -2.01. The van der Waals surface area contributed by atoms with E-state index in [4.69, 9.17) is 0 Å². The van der Waals surface area contributed by atoms with Crippen LogP contribution in [0.5, 0.6) is 0 Å². The lowest BCUT2D eigenvalue weighted by molar-refractivity contribution is 0.0679. The van der Waals surface area contributed by atoms with Gasteiger partial charge in [0.05, 0.1) is 0 Å². The van der Waals surface area contributed by atoms with Crippen molar-refractivity contribution in [1.29, 1.82) is 0 Å². The molecule has 2 heterocycles. The van der Waals surface area contributed by atoms with E-state index >= 15 is 0 Å². The standard InChI is InChI=1S/C17H22N2O4/c1-5-10-9(4)14(16(20)21)19-13(10)7-12-8(3)11(6-2)15(18-12)17(22)23/h18-19H,5-7H2,1-4H3,(H,20,21)(H,22,23). The molecule has 0 saturated carbocycles. The first-order valence-electron chi connectivity index (χ1n) is 7.68.